The van der Waals surface area contributed by atoms with Gasteiger partial charge in [-0.1, -0.05) is 32.0 Å². The zero-order valence-electron chi connectivity index (χ0n) is 17.7. The van der Waals surface area contributed by atoms with Crippen LogP contribution in [0.1, 0.15) is 24.2 Å². The molecule has 2 aromatic carbocycles. The lowest BCUT2D eigenvalue weighted by molar-refractivity contribution is 0.0994. The lowest BCUT2D eigenvalue weighted by Crippen LogP contribution is -2.03. The van der Waals surface area contributed by atoms with Crippen LogP contribution in [0.5, 0.6) is 23.1 Å². The first-order valence-electron chi connectivity index (χ1n) is 9.47. The molecule has 0 fully saturated rings. The van der Waals surface area contributed by atoms with Gasteiger partial charge in [-0.2, -0.15) is 0 Å². The van der Waals surface area contributed by atoms with E-state index in [0.717, 1.165) is 10.9 Å². The average Bonchev–Trinajstić information content (AvgIpc) is 3.01. The second kappa shape index (κ2) is 8.86. The third-order valence-electron chi connectivity index (χ3n) is 4.62. The van der Waals surface area contributed by atoms with Gasteiger partial charge in [0, 0.05) is 11.9 Å². The lowest BCUT2D eigenvalue weighted by Gasteiger charge is -2.12. The minimum atomic E-state index is -0.602. The third kappa shape index (κ3) is 3.94. The number of rotatable bonds is 7. The molecule has 158 valence electrons. The zero-order valence-corrected chi connectivity index (χ0v) is 17.7. The van der Waals surface area contributed by atoms with Crippen LogP contribution in [0.4, 0.5) is 5.69 Å². The van der Waals surface area contributed by atoms with Crippen LogP contribution >= 0.6 is 0 Å². The van der Waals surface area contributed by atoms with E-state index in [4.69, 9.17) is 14.2 Å². The Labute approximate surface area is 174 Å². The summed E-state index contributed by atoms with van der Waals surface area (Å²) >= 11 is 0. The second-order valence-electron chi connectivity index (χ2n) is 7.11. The number of para-hydroxylation sites is 1. The highest BCUT2D eigenvalue weighted by Gasteiger charge is 2.19. The van der Waals surface area contributed by atoms with Crippen molar-refractivity contribution in [1.29, 1.82) is 0 Å². The van der Waals surface area contributed by atoms with E-state index in [0.29, 0.717) is 29.7 Å². The molecule has 1 amide bonds. The highest BCUT2D eigenvalue weighted by atomic mass is 16.5. The molecule has 0 aliphatic carbocycles. The topological polar surface area (TPSA) is 94.6 Å². The van der Waals surface area contributed by atoms with Crippen LogP contribution in [0.3, 0.4) is 0 Å². The summed E-state index contributed by atoms with van der Waals surface area (Å²) in [6.07, 6.45) is 0. The first-order valence-corrected chi connectivity index (χ1v) is 9.47. The number of hydrogen-bond donors (Lipinski definition) is 1. The molecule has 30 heavy (non-hydrogen) atoms. The van der Waals surface area contributed by atoms with Crippen molar-refractivity contribution in [2.24, 2.45) is 16.1 Å². The van der Waals surface area contributed by atoms with Gasteiger partial charge in [0.25, 0.3) is 5.91 Å². The van der Waals surface area contributed by atoms with E-state index in [9.17, 15) is 9.90 Å². The van der Waals surface area contributed by atoms with Crippen LogP contribution in [0, 0.1) is 5.92 Å². The molecular weight excluding hydrogens is 386 g/mol. The average molecular weight is 411 g/mol. The number of aromatic nitrogens is 1. The zero-order chi connectivity index (χ0) is 21.8. The number of carbonyl (C=O) groups is 1. The summed E-state index contributed by atoms with van der Waals surface area (Å²) in [5, 5.41) is 19.4. The quantitative estimate of drug-likeness (QED) is 0.555. The van der Waals surface area contributed by atoms with Crippen molar-refractivity contribution in [2.75, 3.05) is 21.3 Å². The molecule has 0 aliphatic heterocycles. The molecule has 0 saturated carbocycles. The van der Waals surface area contributed by atoms with Crippen LogP contribution in [0.15, 0.2) is 46.6 Å². The fourth-order valence-electron chi connectivity index (χ4n) is 3.28. The van der Waals surface area contributed by atoms with Gasteiger partial charge < -0.3 is 23.9 Å². The number of amides is 1. The lowest BCUT2D eigenvalue weighted by atomic mass is 10.1. The fraction of sp³-hybridized carbons (Fsp3) is 0.318. The van der Waals surface area contributed by atoms with E-state index in [1.54, 1.807) is 4.57 Å². The van der Waals surface area contributed by atoms with E-state index in [2.05, 4.69) is 24.1 Å². The summed E-state index contributed by atoms with van der Waals surface area (Å²) < 4.78 is 17.6. The Bertz CT molecular complexity index is 1080. The van der Waals surface area contributed by atoms with Gasteiger partial charge in [0.1, 0.15) is 0 Å². The monoisotopic (exact) mass is 411 g/mol. The van der Waals surface area contributed by atoms with E-state index in [-0.39, 0.29) is 17.1 Å². The maximum Gasteiger partial charge on any atom is 0.295 e. The van der Waals surface area contributed by atoms with Gasteiger partial charge >= 0.3 is 0 Å². The number of hydrogen-bond acceptors (Lipinski definition) is 6. The summed E-state index contributed by atoms with van der Waals surface area (Å²) in [4.78, 5) is 12.7. The van der Waals surface area contributed by atoms with Crippen LogP contribution in [-0.2, 0) is 6.54 Å². The molecule has 0 bridgehead atoms. The van der Waals surface area contributed by atoms with E-state index in [1.165, 1.54) is 33.5 Å². The molecule has 0 radical (unpaired) electrons. The van der Waals surface area contributed by atoms with E-state index >= 15 is 0 Å². The number of benzene rings is 2. The Morgan fingerprint density at radius 1 is 1.07 bits per heavy atom. The summed E-state index contributed by atoms with van der Waals surface area (Å²) in [5.74, 6) is 0.750. The Kier molecular flexibility index (Phi) is 6.25. The molecule has 0 atom stereocenters. The molecular formula is C22H25N3O5. The van der Waals surface area contributed by atoms with Gasteiger partial charge in [-0.25, -0.2) is 0 Å². The molecule has 0 saturated heterocycles. The maximum absolute atomic E-state index is 12.7. The largest absolute Gasteiger partial charge is 0.493 e. The van der Waals surface area contributed by atoms with Crippen LogP contribution < -0.4 is 14.2 Å². The second-order valence-corrected chi connectivity index (χ2v) is 7.11. The summed E-state index contributed by atoms with van der Waals surface area (Å²) in [6, 6.07) is 10.5. The molecule has 1 heterocycles. The normalized spacial score (nSPS) is 11.4. The number of methoxy groups -OCH3 is 3. The standard InChI is InChI=1S/C22H25N3O5/c1-13(2)12-25-16-9-7-6-8-15(16)19(22(25)27)23-24-21(26)14-10-17(28-3)20(30-5)18(11-14)29-4/h6-11,13,27H,12H2,1-5H3. The van der Waals surface area contributed by atoms with Gasteiger partial charge in [-0.05, 0) is 24.1 Å². The summed E-state index contributed by atoms with van der Waals surface area (Å²) in [5.41, 5.74) is 1.31. The van der Waals surface area contributed by atoms with Crippen LogP contribution in [0.25, 0.3) is 10.9 Å². The van der Waals surface area contributed by atoms with Crippen molar-refractivity contribution >= 4 is 22.5 Å². The van der Waals surface area contributed by atoms with Crippen LogP contribution in [0.2, 0.25) is 0 Å². The van der Waals surface area contributed by atoms with Gasteiger partial charge in [0.2, 0.25) is 11.6 Å². The Morgan fingerprint density at radius 2 is 1.70 bits per heavy atom. The van der Waals surface area contributed by atoms with Crippen molar-refractivity contribution in [3.05, 3.63) is 42.0 Å². The van der Waals surface area contributed by atoms with Crippen molar-refractivity contribution < 1.29 is 24.1 Å². The number of aromatic hydroxyl groups is 1. The molecule has 1 N–H and O–H groups in total. The van der Waals surface area contributed by atoms with Crippen molar-refractivity contribution in [1.82, 2.24) is 4.57 Å². The van der Waals surface area contributed by atoms with Gasteiger partial charge in [0.15, 0.2) is 17.2 Å². The number of nitrogens with zero attached hydrogens (tertiary/aromatic N) is 3. The Balaban J connectivity index is 2.01. The summed E-state index contributed by atoms with van der Waals surface area (Å²) in [6.45, 7) is 4.73. The molecule has 3 aromatic rings. The van der Waals surface area contributed by atoms with E-state index < -0.39 is 5.91 Å². The number of carbonyl (C=O) groups excluding carboxylic acids is 1. The first-order chi connectivity index (χ1) is 14.4. The summed E-state index contributed by atoms with van der Waals surface area (Å²) in [7, 11) is 4.42. The maximum atomic E-state index is 12.7. The third-order valence-corrected chi connectivity index (χ3v) is 4.62. The minimum Gasteiger partial charge on any atom is -0.493 e. The SMILES string of the molecule is COc1cc(C(=O)N=Nc2c(O)n(CC(C)C)c3ccccc23)cc(OC)c1OC. The predicted molar refractivity (Wildman–Crippen MR) is 113 cm³/mol. The van der Waals surface area contributed by atoms with Gasteiger partial charge in [-0.3, -0.25) is 4.79 Å². The molecule has 1 aromatic heterocycles. The van der Waals surface area contributed by atoms with Crippen molar-refractivity contribution in [3.8, 4) is 23.1 Å². The molecule has 8 nitrogen and oxygen atoms in total. The molecule has 3 rings (SSSR count). The predicted octanol–water partition coefficient (Wildman–Crippen LogP) is 4.95. The highest BCUT2D eigenvalue weighted by molar-refractivity contribution is 5.98. The molecule has 8 heteroatoms. The molecule has 0 unspecified atom stereocenters. The molecule has 0 aliphatic rings. The number of azo groups is 1. The van der Waals surface area contributed by atoms with Crippen molar-refractivity contribution in [2.45, 2.75) is 20.4 Å². The molecule has 0 spiro atoms. The first kappa shape index (κ1) is 21.2. The Hall–Kier alpha value is -3.55. The van der Waals surface area contributed by atoms with Crippen molar-refractivity contribution in [3.63, 3.8) is 0 Å². The van der Waals surface area contributed by atoms with E-state index in [1.807, 2.05) is 24.3 Å². The fourth-order valence-corrected chi connectivity index (χ4v) is 3.28. The minimum absolute atomic E-state index is 0.0219. The Morgan fingerprint density at radius 3 is 2.27 bits per heavy atom. The van der Waals surface area contributed by atoms with Crippen LogP contribution in [-0.4, -0.2) is 36.9 Å². The van der Waals surface area contributed by atoms with Gasteiger partial charge in [-0.15, -0.1) is 10.2 Å². The van der Waals surface area contributed by atoms with Gasteiger partial charge in [0.05, 0.1) is 32.4 Å². The highest BCUT2D eigenvalue weighted by Crippen LogP contribution is 2.40. The number of ether oxygens (including phenoxy) is 3. The number of fused-ring (bicyclic) bond motifs is 1. The smallest absolute Gasteiger partial charge is 0.295 e.